The lowest BCUT2D eigenvalue weighted by Crippen LogP contribution is -2.05. The average molecular weight is 295 g/mol. The maximum absolute atomic E-state index is 11.8. The second-order valence-electron chi connectivity index (χ2n) is 5.34. The summed E-state index contributed by atoms with van der Waals surface area (Å²) in [4.78, 5) is 16.1. The predicted molar refractivity (Wildman–Crippen MR) is 84.7 cm³/mol. The summed E-state index contributed by atoms with van der Waals surface area (Å²) in [5.41, 5.74) is 3.35. The monoisotopic (exact) mass is 295 g/mol. The average Bonchev–Trinajstić information content (AvgIpc) is 3.02. The standard InChI is InChI=1S/C17H17N3O2/c1-11(2)20-16(7-9-19-20)13-6-8-18-15-5-4-12(10-14(13)15)17(21)22-3/h4-11H,1-3H3. The molecule has 0 bridgehead atoms. The van der Waals surface area contributed by atoms with E-state index in [0.29, 0.717) is 5.56 Å². The molecule has 0 spiro atoms. The summed E-state index contributed by atoms with van der Waals surface area (Å²) in [5, 5.41) is 5.29. The van der Waals surface area contributed by atoms with Crippen molar-refractivity contribution in [3.63, 3.8) is 0 Å². The topological polar surface area (TPSA) is 57.0 Å². The van der Waals surface area contributed by atoms with E-state index in [2.05, 4.69) is 23.9 Å². The first kappa shape index (κ1) is 14.3. The van der Waals surface area contributed by atoms with Gasteiger partial charge in [-0.3, -0.25) is 9.67 Å². The van der Waals surface area contributed by atoms with Crippen LogP contribution in [0.2, 0.25) is 0 Å². The molecule has 3 aromatic rings. The van der Waals surface area contributed by atoms with Crippen LogP contribution in [0, 0.1) is 0 Å². The summed E-state index contributed by atoms with van der Waals surface area (Å²) in [6.07, 6.45) is 3.55. The van der Waals surface area contributed by atoms with Crippen LogP contribution >= 0.6 is 0 Å². The van der Waals surface area contributed by atoms with Crippen molar-refractivity contribution in [2.45, 2.75) is 19.9 Å². The molecule has 22 heavy (non-hydrogen) atoms. The van der Waals surface area contributed by atoms with Crippen molar-refractivity contribution >= 4 is 16.9 Å². The largest absolute Gasteiger partial charge is 0.465 e. The first-order valence-corrected chi connectivity index (χ1v) is 7.13. The van der Waals surface area contributed by atoms with E-state index in [1.165, 1.54) is 7.11 Å². The first-order valence-electron chi connectivity index (χ1n) is 7.13. The number of pyridine rings is 1. The normalized spacial score (nSPS) is 11.1. The summed E-state index contributed by atoms with van der Waals surface area (Å²) in [7, 11) is 1.38. The molecule has 0 fully saturated rings. The lowest BCUT2D eigenvalue weighted by Gasteiger charge is -2.13. The minimum Gasteiger partial charge on any atom is -0.465 e. The molecule has 0 aliphatic carbocycles. The van der Waals surface area contributed by atoms with E-state index in [-0.39, 0.29) is 12.0 Å². The number of rotatable bonds is 3. The molecule has 2 heterocycles. The van der Waals surface area contributed by atoms with Gasteiger partial charge in [0.1, 0.15) is 0 Å². The molecule has 2 aromatic heterocycles. The van der Waals surface area contributed by atoms with Crippen molar-refractivity contribution in [1.82, 2.24) is 14.8 Å². The summed E-state index contributed by atoms with van der Waals surface area (Å²) >= 11 is 0. The second-order valence-corrected chi connectivity index (χ2v) is 5.34. The molecule has 0 N–H and O–H groups in total. The van der Waals surface area contributed by atoms with Crippen LogP contribution < -0.4 is 0 Å². The van der Waals surface area contributed by atoms with E-state index in [1.807, 2.05) is 28.9 Å². The Morgan fingerprint density at radius 3 is 2.73 bits per heavy atom. The molecule has 0 aliphatic rings. The molecule has 1 aromatic carbocycles. The zero-order chi connectivity index (χ0) is 15.7. The molecule has 0 atom stereocenters. The highest BCUT2D eigenvalue weighted by atomic mass is 16.5. The van der Waals surface area contributed by atoms with E-state index in [4.69, 9.17) is 4.74 Å². The summed E-state index contributed by atoms with van der Waals surface area (Å²) in [6.45, 7) is 4.17. The third kappa shape index (κ3) is 2.35. The molecule has 5 heteroatoms. The number of carbonyl (C=O) groups is 1. The maximum Gasteiger partial charge on any atom is 0.337 e. The van der Waals surface area contributed by atoms with Gasteiger partial charge in [0.05, 0.1) is 23.9 Å². The van der Waals surface area contributed by atoms with E-state index in [0.717, 1.165) is 22.2 Å². The summed E-state index contributed by atoms with van der Waals surface area (Å²) in [5.74, 6) is -0.353. The quantitative estimate of drug-likeness (QED) is 0.694. The number of fused-ring (bicyclic) bond motifs is 1. The Labute approximate surface area is 128 Å². The fraction of sp³-hybridized carbons (Fsp3) is 0.235. The Morgan fingerprint density at radius 2 is 2.00 bits per heavy atom. The van der Waals surface area contributed by atoms with Crippen LogP contribution in [-0.2, 0) is 4.74 Å². The highest BCUT2D eigenvalue weighted by molar-refractivity contribution is 5.99. The molecule has 0 saturated heterocycles. The predicted octanol–water partition coefficient (Wildman–Crippen LogP) is 3.47. The van der Waals surface area contributed by atoms with E-state index in [9.17, 15) is 4.79 Å². The Bertz CT molecular complexity index is 837. The number of benzene rings is 1. The lowest BCUT2D eigenvalue weighted by molar-refractivity contribution is 0.0601. The molecule has 3 rings (SSSR count). The van der Waals surface area contributed by atoms with Gasteiger partial charge in [0.2, 0.25) is 0 Å². The number of hydrogen-bond acceptors (Lipinski definition) is 4. The van der Waals surface area contributed by atoms with Gasteiger partial charge in [-0.15, -0.1) is 0 Å². The SMILES string of the molecule is COC(=O)c1ccc2nccc(-c3ccnn3C(C)C)c2c1. The summed E-state index contributed by atoms with van der Waals surface area (Å²) in [6, 6.07) is 9.54. The van der Waals surface area contributed by atoms with Gasteiger partial charge < -0.3 is 4.74 Å². The van der Waals surface area contributed by atoms with Gasteiger partial charge in [-0.2, -0.15) is 5.10 Å². The lowest BCUT2D eigenvalue weighted by atomic mass is 10.0. The van der Waals surface area contributed by atoms with Crippen molar-refractivity contribution in [3.05, 3.63) is 48.3 Å². The van der Waals surface area contributed by atoms with Gasteiger partial charge in [-0.1, -0.05) is 0 Å². The Balaban J connectivity index is 2.25. The van der Waals surface area contributed by atoms with Crippen LogP contribution in [0.3, 0.4) is 0 Å². The molecule has 0 amide bonds. The molecule has 5 nitrogen and oxygen atoms in total. The van der Waals surface area contributed by atoms with Crippen LogP contribution in [0.5, 0.6) is 0 Å². The van der Waals surface area contributed by atoms with Crippen molar-refractivity contribution in [3.8, 4) is 11.3 Å². The van der Waals surface area contributed by atoms with Crippen molar-refractivity contribution in [2.75, 3.05) is 7.11 Å². The zero-order valence-electron chi connectivity index (χ0n) is 12.8. The number of esters is 1. The second kappa shape index (κ2) is 5.60. The fourth-order valence-corrected chi connectivity index (χ4v) is 2.55. The van der Waals surface area contributed by atoms with E-state index < -0.39 is 0 Å². The molecular weight excluding hydrogens is 278 g/mol. The molecule has 0 radical (unpaired) electrons. The Hall–Kier alpha value is -2.69. The van der Waals surface area contributed by atoms with Gasteiger partial charge in [-0.25, -0.2) is 4.79 Å². The minimum absolute atomic E-state index is 0.247. The Morgan fingerprint density at radius 1 is 1.18 bits per heavy atom. The van der Waals surface area contributed by atoms with Gasteiger partial charge >= 0.3 is 5.97 Å². The third-order valence-corrected chi connectivity index (χ3v) is 3.60. The number of aromatic nitrogens is 3. The van der Waals surface area contributed by atoms with Crippen LogP contribution in [0.4, 0.5) is 0 Å². The molecule has 0 aliphatic heterocycles. The number of ether oxygens (including phenoxy) is 1. The van der Waals surface area contributed by atoms with E-state index >= 15 is 0 Å². The zero-order valence-corrected chi connectivity index (χ0v) is 12.8. The van der Waals surface area contributed by atoms with Crippen LogP contribution in [0.25, 0.3) is 22.2 Å². The number of methoxy groups -OCH3 is 1. The molecule has 0 unspecified atom stereocenters. The highest BCUT2D eigenvalue weighted by Crippen LogP contribution is 2.29. The number of nitrogens with zero attached hydrogens (tertiary/aromatic N) is 3. The van der Waals surface area contributed by atoms with Crippen LogP contribution in [-0.4, -0.2) is 27.8 Å². The molecular formula is C17H17N3O2. The minimum atomic E-state index is -0.353. The van der Waals surface area contributed by atoms with Gasteiger partial charge in [0.15, 0.2) is 0 Å². The molecule has 0 saturated carbocycles. The van der Waals surface area contributed by atoms with Crippen molar-refractivity contribution in [2.24, 2.45) is 0 Å². The van der Waals surface area contributed by atoms with E-state index in [1.54, 1.807) is 18.5 Å². The van der Waals surface area contributed by atoms with Gasteiger partial charge in [0, 0.05) is 29.4 Å². The first-order chi connectivity index (χ1) is 10.6. The maximum atomic E-state index is 11.8. The highest BCUT2D eigenvalue weighted by Gasteiger charge is 2.14. The van der Waals surface area contributed by atoms with Crippen molar-refractivity contribution < 1.29 is 9.53 Å². The number of hydrogen-bond donors (Lipinski definition) is 0. The van der Waals surface area contributed by atoms with Crippen LogP contribution in [0.15, 0.2) is 42.7 Å². The third-order valence-electron chi connectivity index (χ3n) is 3.60. The van der Waals surface area contributed by atoms with Crippen molar-refractivity contribution in [1.29, 1.82) is 0 Å². The fourth-order valence-electron chi connectivity index (χ4n) is 2.55. The van der Waals surface area contributed by atoms with Gasteiger partial charge in [0.25, 0.3) is 0 Å². The summed E-state index contributed by atoms with van der Waals surface area (Å²) < 4.78 is 6.76. The molecule has 112 valence electrons. The van der Waals surface area contributed by atoms with Gasteiger partial charge in [-0.05, 0) is 44.2 Å². The van der Waals surface area contributed by atoms with Crippen LogP contribution in [0.1, 0.15) is 30.2 Å². The number of carbonyl (C=O) groups excluding carboxylic acids is 1. The smallest absolute Gasteiger partial charge is 0.337 e. The Kier molecular flexibility index (Phi) is 3.63.